The Hall–Kier alpha value is -1.06. The van der Waals surface area contributed by atoms with E-state index in [-0.39, 0.29) is 12.2 Å². The summed E-state index contributed by atoms with van der Waals surface area (Å²) in [7, 11) is 1.67. The van der Waals surface area contributed by atoms with Gasteiger partial charge in [-0.2, -0.15) is 0 Å². The van der Waals surface area contributed by atoms with Crippen LogP contribution in [0.25, 0.3) is 0 Å². The fourth-order valence-electron chi connectivity index (χ4n) is 2.15. The summed E-state index contributed by atoms with van der Waals surface area (Å²) in [5.74, 6) is 0.859. The smallest absolute Gasteiger partial charge is 0.120 e. The Morgan fingerprint density at radius 3 is 3.06 bits per heavy atom. The van der Waals surface area contributed by atoms with Gasteiger partial charge in [-0.3, -0.25) is 0 Å². The average Bonchev–Trinajstić information content (AvgIpc) is 2.60. The first-order valence-corrected chi connectivity index (χ1v) is 5.67. The number of aliphatic hydroxyl groups is 1. The highest BCUT2D eigenvalue weighted by Crippen LogP contribution is 2.33. The van der Waals surface area contributed by atoms with Crippen LogP contribution in [0.1, 0.15) is 30.6 Å². The first kappa shape index (κ1) is 11.4. The number of rotatable bonds is 4. The van der Waals surface area contributed by atoms with Crippen molar-refractivity contribution >= 4 is 0 Å². The summed E-state index contributed by atoms with van der Waals surface area (Å²) in [6, 6.07) is 5.90. The van der Waals surface area contributed by atoms with Crippen molar-refractivity contribution in [3.05, 3.63) is 29.3 Å². The first-order chi connectivity index (χ1) is 7.70. The van der Waals surface area contributed by atoms with E-state index in [9.17, 15) is 5.11 Å². The Bertz CT molecular complexity index is 362. The van der Waals surface area contributed by atoms with Crippen molar-refractivity contribution in [2.24, 2.45) is 0 Å². The molecule has 1 aliphatic rings. The first-order valence-electron chi connectivity index (χ1n) is 5.67. The van der Waals surface area contributed by atoms with E-state index in [1.54, 1.807) is 7.11 Å². The van der Waals surface area contributed by atoms with Crippen molar-refractivity contribution in [1.82, 2.24) is 0 Å². The Balaban J connectivity index is 2.07. The van der Waals surface area contributed by atoms with Crippen molar-refractivity contribution < 1.29 is 14.6 Å². The summed E-state index contributed by atoms with van der Waals surface area (Å²) in [6.45, 7) is 2.56. The van der Waals surface area contributed by atoms with Gasteiger partial charge in [-0.25, -0.2) is 0 Å². The minimum absolute atomic E-state index is 0.0503. The van der Waals surface area contributed by atoms with Crippen molar-refractivity contribution in [3.8, 4) is 5.75 Å². The molecule has 0 bridgehead atoms. The molecule has 3 heteroatoms. The number of aliphatic hydroxyl groups excluding tert-OH is 1. The third-order valence-corrected chi connectivity index (χ3v) is 2.90. The van der Waals surface area contributed by atoms with E-state index < -0.39 is 0 Å². The van der Waals surface area contributed by atoms with Crippen LogP contribution in [-0.2, 0) is 11.2 Å². The summed E-state index contributed by atoms with van der Waals surface area (Å²) in [5, 5.41) is 9.68. The van der Waals surface area contributed by atoms with Crippen molar-refractivity contribution in [2.75, 3.05) is 13.7 Å². The van der Waals surface area contributed by atoms with Gasteiger partial charge in [0.25, 0.3) is 0 Å². The van der Waals surface area contributed by atoms with Crippen LogP contribution < -0.4 is 4.74 Å². The molecule has 2 atom stereocenters. The lowest BCUT2D eigenvalue weighted by Crippen LogP contribution is -2.17. The van der Waals surface area contributed by atoms with E-state index in [0.717, 1.165) is 24.2 Å². The lowest BCUT2D eigenvalue weighted by atomic mass is 10.1. The zero-order valence-electron chi connectivity index (χ0n) is 9.77. The van der Waals surface area contributed by atoms with Crippen LogP contribution in [-0.4, -0.2) is 24.9 Å². The highest BCUT2D eigenvalue weighted by molar-refractivity contribution is 5.39. The Kier molecular flexibility index (Phi) is 3.46. The van der Waals surface area contributed by atoms with Gasteiger partial charge < -0.3 is 14.6 Å². The van der Waals surface area contributed by atoms with Gasteiger partial charge in [0.2, 0.25) is 0 Å². The van der Waals surface area contributed by atoms with Gasteiger partial charge in [-0.05, 0) is 43.0 Å². The molecule has 1 N–H and O–H groups in total. The second-order valence-electron chi connectivity index (χ2n) is 4.30. The van der Waals surface area contributed by atoms with Crippen LogP contribution in [0.3, 0.4) is 0 Å². The minimum Gasteiger partial charge on any atom is -0.488 e. The molecule has 0 radical (unpaired) electrons. The van der Waals surface area contributed by atoms with Gasteiger partial charge in [0.1, 0.15) is 11.9 Å². The molecule has 0 aliphatic heterocycles. The fraction of sp³-hybridized carbons (Fsp3) is 0.538. The molecule has 2 rings (SSSR count). The fourth-order valence-corrected chi connectivity index (χ4v) is 2.15. The zero-order chi connectivity index (χ0) is 11.5. The zero-order valence-corrected chi connectivity index (χ0v) is 9.77. The molecule has 0 saturated heterocycles. The molecule has 0 amide bonds. The molecule has 0 saturated carbocycles. The topological polar surface area (TPSA) is 38.7 Å². The number of hydrogen-bond acceptors (Lipinski definition) is 3. The largest absolute Gasteiger partial charge is 0.488 e. The van der Waals surface area contributed by atoms with Crippen molar-refractivity contribution in [2.45, 2.75) is 32.0 Å². The summed E-state index contributed by atoms with van der Waals surface area (Å²) >= 11 is 0. The quantitative estimate of drug-likeness (QED) is 0.847. The van der Waals surface area contributed by atoms with E-state index in [4.69, 9.17) is 9.47 Å². The highest BCUT2D eigenvalue weighted by atomic mass is 16.5. The molecule has 0 spiro atoms. The molecule has 0 aromatic heterocycles. The van der Waals surface area contributed by atoms with Crippen LogP contribution in [0, 0.1) is 0 Å². The molecule has 1 aromatic carbocycles. The standard InChI is InChI=1S/C13H18O3/c1-9(8-15-2)16-11-4-5-12-10(7-11)3-6-13(12)14/h4-5,7,9,13-14H,3,6,8H2,1-2H3/t9?,13-/m0/s1. The third kappa shape index (κ3) is 2.36. The van der Waals surface area contributed by atoms with Gasteiger partial charge >= 0.3 is 0 Å². The number of ether oxygens (including phenoxy) is 2. The van der Waals surface area contributed by atoms with Gasteiger partial charge in [-0.15, -0.1) is 0 Å². The van der Waals surface area contributed by atoms with Crippen LogP contribution in [0.15, 0.2) is 18.2 Å². The molecule has 88 valence electrons. The second kappa shape index (κ2) is 4.85. The second-order valence-corrected chi connectivity index (χ2v) is 4.30. The molecule has 1 aliphatic carbocycles. The maximum atomic E-state index is 9.68. The molecule has 0 fully saturated rings. The molecular weight excluding hydrogens is 204 g/mol. The third-order valence-electron chi connectivity index (χ3n) is 2.90. The summed E-state index contributed by atoms with van der Waals surface area (Å²) in [6.07, 6.45) is 1.52. The number of fused-ring (bicyclic) bond motifs is 1. The van der Waals surface area contributed by atoms with Crippen molar-refractivity contribution in [3.63, 3.8) is 0 Å². The summed E-state index contributed by atoms with van der Waals surface area (Å²) in [4.78, 5) is 0. The van der Waals surface area contributed by atoms with E-state index in [1.165, 1.54) is 5.56 Å². The van der Waals surface area contributed by atoms with Crippen LogP contribution in [0.5, 0.6) is 5.75 Å². The molecule has 16 heavy (non-hydrogen) atoms. The van der Waals surface area contributed by atoms with Gasteiger partial charge in [0.15, 0.2) is 0 Å². The molecule has 1 unspecified atom stereocenters. The maximum Gasteiger partial charge on any atom is 0.120 e. The van der Waals surface area contributed by atoms with Crippen LogP contribution in [0.2, 0.25) is 0 Å². The predicted molar refractivity (Wildman–Crippen MR) is 61.7 cm³/mol. The van der Waals surface area contributed by atoms with Gasteiger partial charge in [0.05, 0.1) is 12.7 Å². The lowest BCUT2D eigenvalue weighted by Gasteiger charge is -2.14. The van der Waals surface area contributed by atoms with E-state index in [1.807, 2.05) is 25.1 Å². The van der Waals surface area contributed by atoms with Gasteiger partial charge in [0, 0.05) is 7.11 Å². The summed E-state index contributed by atoms with van der Waals surface area (Å²) < 4.78 is 10.7. The van der Waals surface area contributed by atoms with Crippen molar-refractivity contribution in [1.29, 1.82) is 0 Å². The monoisotopic (exact) mass is 222 g/mol. The predicted octanol–water partition coefficient (Wildman–Crippen LogP) is 2.08. The van der Waals surface area contributed by atoms with E-state index >= 15 is 0 Å². The number of methoxy groups -OCH3 is 1. The Labute approximate surface area is 96.0 Å². The summed E-state index contributed by atoms with van der Waals surface area (Å²) in [5.41, 5.74) is 2.25. The Morgan fingerprint density at radius 1 is 1.50 bits per heavy atom. The minimum atomic E-state index is -0.291. The van der Waals surface area contributed by atoms with Gasteiger partial charge in [-0.1, -0.05) is 6.07 Å². The number of aryl methyl sites for hydroxylation is 1. The SMILES string of the molecule is COCC(C)Oc1ccc2c(c1)CC[C@@H]2O. The van der Waals surface area contributed by atoms with Crippen LogP contribution in [0.4, 0.5) is 0 Å². The lowest BCUT2D eigenvalue weighted by molar-refractivity contribution is 0.0920. The molecule has 3 nitrogen and oxygen atoms in total. The maximum absolute atomic E-state index is 9.68. The number of benzene rings is 1. The highest BCUT2D eigenvalue weighted by Gasteiger charge is 2.20. The van der Waals surface area contributed by atoms with E-state index in [0.29, 0.717) is 6.61 Å². The van der Waals surface area contributed by atoms with Crippen LogP contribution >= 0.6 is 0 Å². The molecular formula is C13H18O3. The molecule has 0 heterocycles. The average molecular weight is 222 g/mol. The molecule has 1 aromatic rings. The normalized spacial score (nSPS) is 20.6. The number of hydrogen-bond donors (Lipinski definition) is 1. The Morgan fingerprint density at radius 2 is 2.31 bits per heavy atom. The van der Waals surface area contributed by atoms with E-state index in [2.05, 4.69) is 0 Å².